The summed E-state index contributed by atoms with van der Waals surface area (Å²) in [4.78, 5) is 16.0. The molecule has 4 nitrogen and oxygen atoms in total. The lowest BCUT2D eigenvalue weighted by atomic mass is 9.92. The zero-order valence-electron chi connectivity index (χ0n) is 12.3. The van der Waals surface area contributed by atoms with Crippen molar-refractivity contribution in [3.05, 3.63) is 0 Å². The standard InChI is InChI=1S/C15H28N2O2/c1-12-8-9-17(13-6-4-3-5-7-13)14(10-15(18)19)11-16(12)2/h12-14H,3-11H2,1-2H3,(H,18,19). The summed E-state index contributed by atoms with van der Waals surface area (Å²) in [6.07, 6.45) is 7.93. The summed E-state index contributed by atoms with van der Waals surface area (Å²) in [5.74, 6) is -0.659. The summed E-state index contributed by atoms with van der Waals surface area (Å²) in [5, 5.41) is 9.18. The van der Waals surface area contributed by atoms with E-state index in [1.54, 1.807) is 0 Å². The number of carboxylic acids is 1. The molecule has 1 saturated heterocycles. The third-order valence-electron chi connectivity index (χ3n) is 4.98. The van der Waals surface area contributed by atoms with Crippen LogP contribution in [-0.2, 0) is 4.79 Å². The van der Waals surface area contributed by atoms with Crippen molar-refractivity contribution in [1.29, 1.82) is 0 Å². The Labute approximate surface area is 116 Å². The van der Waals surface area contributed by atoms with Gasteiger partial charge in [0.2, 0.25) is 0 Å². The van der Waals surface area contributed by atoms with Crippen molar-refractivity contribution < 1.29 is 9.90 Å². The van der Waals surface area contributed by atoms with Gasteiger partial charge in [-0.1, -0.05) is 19.3 Å². The van der Waals surface area contributed by atoms with E-state index >= 15 is 0 Å². The van der Waals surface area contributed by atoms with E-state index in [0.717, 1.165) is 19.5 Å². The minimum Gasteiger partial charge on any atom is -0.481 e. The molecule has 1 saturated carbocycles. The molecule has 4 heteroatoms. The molecule has 0 aromatic heterocycles. The minimum atomic E-state index is -0.659. The molecule has 1 heterocycles. The van der Waals surface area contributed by atoms with Gasteiger partial charge in [0.25, 0.3) is 0 Å². The average molecular weight is 268 g/mol. The molecule has 0 aromatic carbocycles. The van der Waals surface area contributed by atoms with Crippen molar-refractivity contribution in [2.24, 2.45) is 0 Å². The maximum atomic E-state index is 11.2. The van der Waals surface area contributed by atoms with E-state index in [1.807, 2.05) is 0 Å². The number of carbonyl (C=O) groups is 1. The monoisotopic (exact) mass is 268 g/mol. The lowest BCUT2D eigenvalue weighted by Gasteiger charge is -2.38. The Kier molecular flexibility index (Phi) is 5.22. The lowest BCUT2D eigenvalue weighted by molar-refractivity contribution is -0.138. The van der Waals surface area contributed by atoms with Gasteiger partial charge in [0.05, 0.1) is 6.42 Å². The fraction of sp³-hybridized carbons (Fsp3) is 0.933. The van der Waals surface area contributed by atoms with E-state index in [1.165, 1.54) is 32.1 Å². The molecule has 110 valence electrons. The van der Waals surface area contributed by atoms with E-state index in [2.05, 4.69) is 23.8 Å². The summed E-state index contributed by atoms with van der Waals surface area (Å²) < 4.78 is 0. The third kappa shape index (κ3) is 3.93. The first-order valence-corrected chi connectivity index (χ1v) is 7.75. The van der Waals surface area contributed by atoms with Crippen LogP contribution in [0.15, 0.2) is 0 Å². The molecule has 0 aromatic rings. The zero-order valence-corrected chi connectivity index (χ0v) is 12.3. The molecular formula is C15H28N2O2. The molecule has 2 fully saturated rings. The Hall–Kier alpha value is -0.610. The molecule has 2 aliphatic rings. The van der Waals surface area contributed by atoms with Gasteiger partial charge in [0.1, 0.15) is 0 Å². The van der Waals surface area contributed by atoms with Crippen LogP contribution >= 0.6 is 0 Å². The lowest BCUT2D eigenvalue weighted by Crippen LogP contribution is -2.48. The fourth-order valence-electron chi connectivity index (χ4n) is 3.63. The van der Waals surface area contributed by atoms with Crippen molar-refractivity contribution in [2.75, 3.05) is 20.1 Å². The molecule has 0 bridgehead atoms. The van der Waals surface area contributed by atoms with E-state index < -0.39 is 5.97 Å². The number of rotatable bonds is 3. The number of hydrogen-bond donors (Lipinski definition) is 1. The maximum Gasteiger partial charge on any atom is 0.304 e. The number of likely N-dealkylation sites (N-methyl/N-ethyl adjacent to an activating group) is 1. The van der Waals surface area contributed by atoms with Gasteiger partial charge in [0, 0.05) is 31.2 Å². The molecule has 0 amide bonds. The molecule has 2 unspecified atom stereocenters. The first-order valence-electron chi connectivity index (χ1n) is 7.75. The highest BCUT2D eigenvalue weighted by Crippen LogP contribution is 2.27. The minimum absolute atomic E-state index is 0.190. The molecule has 0 spiro atoms. The van der Waals surface area contributed by atoms with Crippen molar-refractivity contribution in [1.82, 2.24) is 9.80 Å². The van der Waals surface area contributed by atoms with Gasteiger partial charge >= 0.3 is 5.97 Å². The number of carboxylic acid groups (broad SMARTS) is 1. The largest absolute Gasteiger partial charge is 0.481 e. The van der Waals surface area contributed by atoms with Gasteiger partial charge in [-0.25, -0.2) is 0 Å². The maximum absolute atomic E-state index is 11.2. The summed E-state index contributed by atoms with van der Waals surface area (Å²) in [7, 11) is 2.13. The SMILES string of the molecule is CC1CCN(C2CCCCC2)C(CC(=O)O)CN1C. The second-order valence-corrected chi connectivity index (χ2v) is 6.36. The van der Waals surface area contributed by atoms with E-state index in [4.69, 9.17) is 0 Å². The fourth-order valence-corrected chi connectivity index (χ4v) is 3.63. The van der Waals surface area contributed by atoms with Gasteiger partial charge in [-0.05, 0) is 33.2 Å². The van der Waals surface area contributed by atoms with E-state index in [9.17, 15) is 9.90 Å². The number of aliphatic carboxylic acids is 1. The normalized spacial score (nSPS) is 32.1. The third-order valence-corrected chi connectivity index (χ3v) is 4.98. The Balaban J connectivity index is 2.08. The van der Waals surface area contributed by atoms with Crippen LogP contribution in [0.2, 0.25) is 0 Å². The van der Waals surface area contributed by atoms with Crippen LogP contribution in [0, 0.1) is 0 Å². The number of nitrogens with zero attached hydrogens (tertiary/aromatic N) is 2. The van der Waals surface area contributed by atoms with Crippen LogP contribution in [0.1, 0.15) is 51.9 Å². The Morgan fingerprint density at radius 2 is 1.89 bits per heavy atom. The summed E-state index contributed by atoms with van der Waals surface area (Å²) in [6.45, 7) is 4.21. The molecule has 0 radical (unpaired) electrons. The van der Waals surface area contributed by atoms with Crippen molar-refractivity contribution in [3.8, 4) is 0 Å². The zero-order chi connectivity index (χ0) is 13.8. The molecule has 1 N–H and O–H groups in total. The molecule has 2 rings (SSSR count). The van der Waals surface area contributed by atoms with Crippen molar-refractivity contribution >= 4 is 5.97 Å². The smallest absolute Gasteiger partial charge is 0.304 e. The second-order valence-electron chi connectivity index (χ2n) is 6.36. The Morgan fingerprint density at radius 1 is 1.21 bits per heavy atom. The molecule has 2 atom stereocenters. The number of hydrogen-bond acceptors (Lipinski definition) is 3. The topological polar surface area (TPSA) is 43.8 Å². The highest BCUT2D eigenvalue weighted by molar-refractivity contribution is 5.67. The molecular weight excluding hydrogens is 240 g/mol. The van der Waals surface area contributed by atoms with Crippen LogP contribution < -0.4 is 0 Å². The first kappa shape index (κ1) is 14.8. The summed E-state index contributed by atoms with van der Waals surface area (Å²) in [5.41, 5.74) is 0. The molecule has 1 aliphatic carbocycles. The predicted molar refractivity (Wildman–Crippen MR) is 76.3 cm³/mol. The molecule has 19 heavy (non-hydrogen) atoms. The molecule has 1 aliphatic heterocycles. The summed E-state index contributed by atoms with van der Waals surface area (Å²) >= 11 is 0. The van der Waals surface area contributed by atoms with Gasteiger partial charge < -0.3 is 10.0 Å². The van der Waals surface area contributed by atoms with Crippen molar-refractivity contribution in [2.45, 2.75) is 70.0 Å². The van der Waals surface area contributed by atoms with Crippen LogP contribution in [0.25, 0.3) is 0 Å². The van der Waals surface area contributed by atoms with Crippen LogP contribution in [0.5, 0.6) is 0 Å². The van der Waals surface area contributed by atoms with Crippen LogP contribution in [-0.4, -0.2) is 59.1 Å². The van der Waals surface area contributed by atoms with Gasteiger partial charge in [-0.3, -0.25) is 9.69 Å². The van der Waals surface area contributed by atoms with Crippen LogP contribution in [0.3, 0.4) is 0 Å². The summed E-state index contributed by atoms with van der Waals surface area (Å²) in [6, 6.07) is 1.37. The van der Waals surface area contributed by atoms with Gasteiger partial charge in [-0.2, -0.15) is 0 Å². The highest BCUT2D eigenvalue weighted by Gasteiger charge is 2.33. The van der Waals surface area contributed by atoms with Gasteiger partial charge in [0.15, 0.2) is 0 Å². The highest BCUT2D eigenvalue weighted by atomic mass is 16.4. The van der Waals surface area contributed by atoms with Crippen molar-refractivity contribution in [3.63, 3.8) is 0 Å². The van der Waals surface area contributed by atoms with Crippen LogP contribution in [0.4, 0.5) is 0 Å². The second kappa shape index (κ2) is 6.71. The van der Waals surface area contributed by atoms with Gasteiger partial charge in [-0.15, -0.1) is 0 Å². The predicted octanol–water partition coefficient (Wildman–Crippen LogP) is 2.19. The average Bonchev–Trinajstić information content (AvgIpc) is 2.51. The van der Waals surface area contributed by atoms with E-state index in [-0.39, 0.29) is 12.5 Å². The Morgan fingerprint density at radius 3 is 2.53 bits per heavy atom. The quantitative estimate of drug-likeness (QED) is 0.852. The van der Waals surface area contributed by atoms with E-state index in [0.29, 0.717) is 12.1 Å². The first-order chi connectivity index (χ1) is 9.08. The Bertz CT molecular complexity index is 303.